The van der Waals surface area contributed by atoms with Gasteiger partial charge in [-0.1, -0.05) is 11.8 Å². The number of aromatic nitrogens is 1. The highest BCUT2D eigenvalue weighted by Crippen LogP contribution is 2.37. The molecule has 118 valence electrons. The first-order valence-electron chi connectivity index (χ1n) is 6.54. The molecule has 1 saturated heterocycles. The average molecular weight is 403 g/mol. The van der Waals surface area contributed by atoms with Crippen LogP contribution in [-0.2, 0) is 21.4 Å². The molecule has 0 N–H and O–H groups in total. The number of hydrogen-bond donors (Lipinski definition) is 0. The number of halogens is 1. The summed E-state index contributed by atoms with van der Waals surface area (Å²) in [7, 11) is 1.95. The van der Waals surface area contributed by atoms with Gasteiger partial charge in [0, 0.05) is 22.8 Å². The van der Waals surface area contributed by atoms with E-state index < -0.39 is 5.97 Å². The van der Waals surface area contributed by atoms with Crippen molar-refractivity contribution in [3.05, 3.63) is 36.3 Å². The molecule has 0 bridgehead atoms. The van der Waals surface area contributed by atoms with Crippen LogP contribution < -0.4 is 21.5 Å². The highest BCUT2D eigenvalue weighted by atomic mass is 79.9. The van der Waals surface area contributed by atoms with Crippen molar-refractivity contribution < 1.29 is 35.9 Å². The van der Waals surface area contributed by atoms with Crippen molar-refractivity contribution in [2.45, 2.75) is 16.7 Å². The van der Waals surface area contributed by atoms with Gasteiger partial charge in [-0.15, -0.1) is 11.8 Å². The second-order valence-corrected chi connectivity index (χ2v) is 6.95. The Kier molecular flexibility index (Phi) is 5.94. The predicted molar refractivity (Wildman–Crippen MR) is 80.2 cm³/mol. The number of rotatable bonds is 4. The van der Waals surface area contributed by atoms with Crippen LogP contribution >= 0.6 is 23.5 Å². The molecule has 8 heteroatoms. The van der Waals surface area contributed by atoms with E-state index in [0.717, 1.165) is 10.6 Å². The summed E-state index contributed by atoms with van der Waals surface area (Å²) in [5.41, 5.74) is 0.398. The molecule has 2 aliphatic rings. The molecule has 22 heavy (non-hydrogen) atoms. The molecule has 0 aliphatic carbocycles. The lowest BCUT2D eigenvalue weighted by molar-refractivity contribution is -0.671. The fourth-order valence-corrected chi connectivity index (χ4v) is 3.87. The van der Waals surface area contributed by atoms with Gasteiger partial charge in [0.2, 0.25) is 5.91 Å². The molecule has 2 aliphatic heterocycles. The summed E-state index contributed by atoms with van der Waals surface area (Å²) in [6.07, 6.45) is 6.17. The SMILES string of the molecule is C[n+]1ccc(SCOC(=O)C2=CCS[C@@H]3CC(=O)N23)cc1.[Br-]. The lowest BCUT2D eigenvalue weighted by atomic mass is 10.1. The third kappa shape index (κ3) is 3.67. The van der Waals surface area contributed by atoms with E-state index in [2.05, 4.69) is 0 Å². The van der Waals surface area contributed by atoms with Gasteiger partial charge in [0.1, 0.15) is 18.7 Å². The number of pyridine rings is 1. The number of amides is 1. The monoisotopic (exact) mass is 402 g/mol. The normalized spacial score (nSPS) is 19.5. The molecule has 5 nitrogen and oxygen atoms in total. The van der Waals surface area contributed by atoms with Crippen molar-refractivity contribution in [1.82, 2.24) is 4.90 Å². The summed E-state index contributed by atoms with van der Waals surface area (Å²) in [5.74, 6) is 0.575. The van der Waals surface area contributed by atoms with Crippen LogP contribution in [0, 0.1) is 0 Å². The van der Waals surface area contributed by atoms with Crippen LogP contribution in [0.25, 0.3) is 0 Å². The minimum Gasteiger partial charge on any atom is -1.00 e. The molecule has 0 saturated carbocycles. The molecule has 0 aromatic carbocycles. The highest BCUT2D eigenvalue weighted by molar-refractivity contribution is 8.00. The van der Waals surface area contributed by atoms with E-state index in [9.17, 15) is 9.59 Å². The Labute approximate surface area is 147 Å². The molecule has 1 atom stereocenters. The van der Waals surface area contributed by atoms with Crippen LogP contribution in [0.5, 0.6) is 0 Å². The molecular formula is C14H15BrN2O3S2. The topological polar surface area (TPSA) is 50.5 Å². The number of ether oxygens (including phenoxy) is 1. The van der Waals surface area contributed by atoms with E-state index >= 15 is 0 Å². The van der Waals surface area contributed by atoms with E-state index in [0.29, 0.717) is 12.1 Å². The number of β-lactam (4-membered cyclic amide) rings is 1. The Morgan fingerprint density at radius 2 is 2.23 bits per heavy atom. The molecule has 1 fully saturated rings. The Hall–Kier alpha value is -0.990. The van der Waals surface area contributed by atoms with Crippen LogP contribution in [-0.4, -0.2) is 33.8 Å². The summed E-state index contributed by atoms with van der Waals surface area (Å²) >= 11 is 3.12. The zero-order chi connectivity index (χ0) is 14.8. The zero-order valence-corrected chi connectivity index (χ0v) is 15.1. The second kappa shape index (κ2) is 7.52. The van der Waals surface area contributed by atoms with Crippen LogP contribution in [0.1, 0.15) is 6.42 Å². The first-order valence-corrected chi connectivity index (χ1v) is 8.57. The van der Waals surface area contributed by atoms with Gasteiger partial charge in [-0.2, -0.15) is 0 Å². The van der Waals surface area contributed by atoms with Crippen molar-refractivity contribution in [3.63, 3.8) is 0 Å². The van der Waals surface area contributed by atoms with E-state index in [-0.39, 0.29) is 34.2 Å². The lowest BCUT2D eigenvalue weighted by Crippen LogP contribution is -3.00. The number of thioether (sulfide) groups is 2. The zero-order valence-electron chi connectivity index (χ0n) is 11.9. The fourth-order valence-electron chi connectivity index (χ4n) is 2.14. The van der Waals surface area contributed by atoms with E-state index in [1.165, 1.54) is 11.8 Å². The molecule has 0 radical (unpaired) electrons. The molecule has 0 unspecified atom stereocenters. The van der Waals surface area contributed by atoms with Crippen LogP contribution in [0.4, 0.5) is 0 Å². The molecule has 3 heterocycles. The summed E-state index contributed by atoms with van der Waals surface area (Å²) < 4.78 is 7.20. The van der Waals surface area contributed by atoms with Crippen molar-refractivity contribution in [3.8, 4) is 0 Å². The molecule has 0 spiro atoms. The van der Waals surface area contributed by atoms with Gasteiger partial charge in [-0.3, -0.25) is 9.69 Å². The smallest absolute Gasteiger partial charge is 0.355 e. The van der Waals surface area contributed by atoms with E-state index in [1.54, 1.807) is 22.7 Å². The number of carbonyl (C=O) groups is 2. The first-order chi connectivity index (χ1) is 10.1. The van der Waals surface area contributed by atoms with Gasteiger partial charge >= 0.3 is 5.97 Å². The van der Waals surface area contributed by atoms with Gasteiger partial charge in [0.25, 0.3) is 0 Å². The molecular weight excluding hydrogens is 388 g/mol. The van der Waals surface area contributed by atoms with Gasteiger partial charge in [-0.25, -0.2) is 9.36 Å². The number of aryl methyl sites for hydroxylation is 1. The standard InChI is InChI=1S/C14H15N2O3S2.BrH/c1-15-5-2-10(3-6-15)21-9-19-14(18)11-4-7-20-13-8-12(17)16(11)13;/h2-6,13H,7-9H2,1H3;1H/q+1;/p-1/t13-;/m1./s1. The van der Waals surface area contributed by atoms with Gasteiger partial charge < -0.3 is 21.7 Å². The summed E-state index contributed by atoms with van der Waals surface area (Å²) in [4.78, 5) is 26.2. The second-order valence-electron chi connectivity index (χ2n) is 4.74. The minimum atomic E-state index is -0.415. The van der Waals surface area contributed by atoms with E-state index in [4.69, 9.17) is 4.74 Å². The first kappa shape index (κ1) is 17.4. The maximum absolute atomic E-state index is 12.1. The van der Waals surface area contributed by atoms with Crippen molar-refractivity contribution in [2.75, 3.05) is 11.7 Å². The number of hydrogen-bond acceptors (Lipinski definition) is 5. The van der Waals surface area contributed by atoms with Gasteiger partial charge in [-0.05, 0) is 6.08 Å². The third-order valence-corrected chi connectivity index (χ3v) is 5.27. The Bertz CT molecular complexity index is 607. The number of esters is 1. The summed E-state index contributed by atoms with van der Waals surface area (Å²) in [6.45, 7) is 0. The third-order valence-electron chi connectivity index (χ3n) is 3.30. The number of fused-ring (bicyclic) bond motifs is 1. The van der Waals surface area contributed by atoms with Crippen molar-refractivity contribution in [2.24, 2.45) is 7.05 Å². The Morgan fingerprint density at radius 1 is 1.50 bits per heavy atom. The minimum absolute atomic E-state index is 0. The Balaban J connectivity index is 0.00000176. The fraction of sp³-hybridized carbons (Fsp3) is 0.357. The maximum Gasteiger partial charge on any atom is 0.355 e. The van der Waals surface area contributed by atoms with Crippen LogP contribution in [0.2, 0.25) is 0 Å². The van der Waals surface area contributed by atoms with Crippen LogP contribution in [0.3, 0.4) is 0 Å². The molecule has 1 amide bonds. The highest BCUT2D eigenvalue weighted by Gasteiger charge is 2.43. The summed E-state index contributed by atoms with van der Waals surface area (Å²) in [6, 6.07) is 3.92. The van der Waals surface area contributed by atoms with Crippen molar-refractivity contribution in [1.29, 1.82) is 0 Å². The molecule has 1 aromatic heterocycles. The Morgan fingerprint density at radius 3 is 2.91 bits per heavy atom. The summed E-state index contributed by atoms with van der Waals surface area (Å²) in [5, 5.41) is 0.117. The average Bonchev–Trinajstić information content (AvgIpc) is 2.47. The largest absolute Gasteiger partial charge is 1.00 e. The molecule has 1 aromatic rings. The molecule has 3 rings (SSSR count). The lowest BCUT2D eigenvalue weighted by Gasteiger charge is -2.42. The van der Waals surface area contributed by atoms with Gasteiger partial charge in [0.05, 0.1) is 11.8 Å². The number of carbonyl (C=O) groups excluding carboxylic acids is 2. The predicted octanol–water partition coefficient (Wildman–Crippen LogP) is -1.70. The van der Waals surface area contributed by atoms with E-state index in [1.807, 2.05) is 36.1 Å². The van der Waals surface area contributed by atoms with Crippen molar-refractivity contribution >= 4 is 35.4 Å². The quantitative estimate of drug-likeness (QED) is 0.197. The van der Waals surface area contributed by atoms with Crippen LogP contribution in [0.15, 0.2) is 41.2 Å². The maximum atomic E-state index is 12.1. The number of nitrogens with zero attached hydrogens (tertiary/aromatic N) is 2. The van der Waals surface area contributed by atoms with Gasteiger partial charge in [0.15, 0.2) is 12.4 Å².